The summed E-state index contributed by atoms with van der Waals surface area (Å²) in [7, 11) is 0. The van der Waals surface area contributed by atoms with E-state index < -0.39 is 10.7 Å². The molecule has 0 unspecified atom stereocenters. The summed E-state index contributed by atoms with van der Waals surface area (Å²) in [6.45, 7) is 0.680. The lowest BCUT2D eigenvalue weighted by atomic mass is 10.0. The van der Waals surface area contributed by atoms with Gasteiger partial charge in [0.25, 0.3) is 5.69 Å². The summed E-state index contributed by atoms with van der Waals surface area (Å²) in [5.74, 6) is 0.113. The van der Waals surface area contributed by atoms with Crippen LogP contribution in [0, 0.1) is 27.3 Å². The molecule has 102 valence electrons. The predicted octanol–water partition coefficient (Wildman–Crippen LogP) is 3.99. The van der Waals surface area contributed by atoms with Gasteiger partial charge in [-0.05, 0) is 37.0 Å². The van der Waals surface area contributed by atoms with Crippen LogP contribution >= 0.6 is 11.6 Å². The van der Waals surface area contributed by atoms with Crippen molar-refractivity contribution in [1.29, 1.82) is 0 Å². The van der Waals surface area contributed by atoms with Crippen molar-refractivity contribution in [3.05, 3.63) is 33.1 Å². The number of hydrogen-bond donors (Lipinski definition) is 1. The van der Waals surface area contributed by atoms with E-state index in [0.29, 0.717) is 12.0 Å². The van der Waals surface area contributed by atoms with Gasteiger partial charge in [0.15, 0.2) is 0 Å². The molecule has 2 aliphatic carbocycles. The summed E-state index contributed by atoms with van der Waals surface area (Å²) in [5.41, 5.74) is 0.348. The van der Waals surface area contributed by atoms with E-state index in [1.165, 1.54) is 12.8 Å². The van der Waals surface area contributed by atoms with Crippen molar-refractivity contribution in [2.75, 3.05) is 11.9 Å². The second-order valence-corrected chi connectivity index (χ2v) is 5.94. The van der Waals surface area contributed by atoms with Crippen LogP contribution in [-0.2, 0) is 0 Å². The van der Waals surface area contributed by atoms with Crippen LogP contribution in [-0.4, -0.2) is 11.5 Å². The molecule has 2 fully saturated rings. The molecule has 6 heteroatoms. The highest BCUT2D eigenvalue weighted by Crippen LogP contribution is 2.61. The number of nitrogens with zero attached hydrogens (tertiary/aromatic N) is 1. The molecule has 4 nitrogen and oxygen atoms in total. The lowest BCUT2D eigenvalue weighted by Crippen LogP contribution is -2.18. The number of anilines is 1. The fraction of sp³-hybridized carbons (Fsp3) is 0.538. The molecule has 0 saturated heterocycles. The molecule has 1 aromatic rings. The zero-order chi connectivity index (χ0) is 13.6. The third kappa shape index (κ3) is 2.39. The van der Waals surface area contributed by atoms with Gasteiger partial charge in [-0.15, -0.1) is 0 Å². The van der Waals surface area contributed by atoms with E-state index in [-0.39, 0.29) is 16.4 Å². The molecule has 0 radical (unpaired) electrons. The van der Waals surface area contributed by atoms with Crippen molar-refractivity contribution in [3.8, 4) is 0 Å². The first-order valence-corrected chi connectivity index (χ1v) is 6.77. The van der Waals surface area contributed by atoms with E-state index in [9.17, 15) is 14.5 Å². The van der Waals surface area contributed by atoms with Gasteiger partial charge in [0.2, 0.25) is 0 Å². The van der Waals surface area contributed by atoms with Gasteiger partial charge in [0.1, 0.15) is 11.5 Å². The Labute approximate surface area is 115 Å². The smallest absolute Gasteiger partial charge is 0.294 e. The zero-order valence-corrected chi connectivity index (χ0v) is 11.0. The molecule has 3 rings (SSSR count). The Morgan fingerprint density at radius 2 is 2.16 bits per heavy atom. The monoisotopic (exact) mass is 284 g/mol. The number of benzene rings is 1. The fourth-order valence-corrected chi connectivity index (χ4v) is 2.84. The molecule has 0 aromatic heterocycles. The van der Waals surface area contributed by atoms with Gasteiger partial charge < -0.3 is 5.32 Å². The largest absolute Gasteiger partial charge is 0.379 e. The maximum atomic E-state index is 13.4. The van der Waals surface area contributed by atoms with E-state index in [2.05, 4.69) is 5.32 Å². The summed E-state index contributed by atoms with van der Waals surface area (Å²) in [6, 6.07) is 2.18. The molecule has 0 aliphatic heterocycles. The molecule has 2 aliphatic rings. The topological polar surface area (TPSA) is 55.2 Å². The maximum absolute atomic E-state index is 13.4. The van der Waals surface area contributed by atoms with Gasteiger partial charge in [0.05, 0.1) is 9.95 Å². The van der Waals surface area contributed by atoms with E-state index in [4.69, 9.17) is 11.6 Å². The van der Waals surface area contributed by atoms with Crippen molar-refractivity contribution in [2.24, 2.45) is 11.3 Å². The van der Waals surface area contributed by atoms with Crippen LogP contribution in [0.1, 0.15) is 25.7 Å². The van der Waals surface area contributed by atoms with Gasteiger partial charge in [-0.1, -0.05) is 11.6 Å². The first-order chi connectivity index (χ1) is 9.02. The van der Waals surface area contributed by atoms with Crippen LogP contribution in [0.5, 0.6) is 0 Å². The van der Waals surface area contributed by atoms with Crippen LogP contribution in [0.15, 0.2) is 12.1 Å². The zero-order valence-electron chi connectivity index (χ0n) is 10.3. The normalized spacial score (nSPS) is 20.1. The Kier molecular flexibility index (Phi) is 2.89. The first kappa shape index (κ1) is 12.7. The SMILES string of the molecule is O=[N+]([O-])c1cc(Cl)c(F)cc1NCC1(C2CC2)CC1. The lowest BCUT2D eigenvalue weighted by Gasteiger charge is -2.16. The third-order valence-electron chi connectivity index (χ3n) is 4.20. The number of nitro benzene ring substituents is 1. The highest BCUT2D eigenvalue weighted by molar-refractivity contribution is 6.31. The van der Waals surface area contributed by atoms with Crippen molar-refractivity contribution in [1.82, 2.24) is 0 Å². The number of halogens is 2. The first-order valence-electron chi connectivity index (χ1n) is 6.39. The van der Waals surface area contributed by atoms with Crippen molar-refractivity contribution >= 4 is 23.0 Å². The number of nitrogens with one attached hydrogen (secondary N) is 1. The number of nitro groups is 1. The molecule has 19 heavy (non-hydrogen) atoms. The highest BCUT2D eigenvalue weighted by atomic mass is 35.5. The predicted molar refractivity (Wildman–Crippen MR) is 70.9 cm³/mol. The summed E-state index contributed by atoms with van der Waals surface area (Å²) in [5, 5.41) is 13.8. The molecule has 0 heterocycles. The molecule has 1 aromatic carbocycles. The second kappa shape index (κ2) is 4.34. The third-order valence-corrected chi connectivity index (χ3v) is 4.49. The van der Waals surface area contributed by atoms with Crippen LogP contribution in [0.2, 0.25) is 5.02 Å². The van der Waals surface area contributed by atoms with Crippen molar-refractivity contribution in [2.45, 2.75) is 25.7 Å². The summed E-state index contributed by atoms with van der Waals surface area (Å²) < 4.78 is 13.4. The number of rotatable bonds is 5. The molecule has 0 spiro atoms. The van der Waals surface area contributed by atoms with Crippen LogP contribution in [0.25, 0.3) is 0 Å². The highest BCUT2D eigenvalue weighted by Gasteiger charge is 2.53. The van der Waals surface area contributed by atoms with Gasteiger partial charge in [-0.3, -0.25) is 10.1 Å². The van der Waals surface area contributed by atoms with Gasteiger partial charge in [-0.25, -0.2) is 4.39 Å². The fourth-order valence-electron chi connectivity index (χ4n) is 2.69. The molecular weight excluding hydrogens is 271 g/mol. The minimum atomic E-state index is -0.633. The van der Waals surface area contributed by atoms with Gasteiger partial charge >= 0.3 is 0 Å². The van der Waals surface area contributed by atoms with E-state index >= 15 is 0 Å². The Morgan fingerprint density at radius 3 is 2.68 bits per heavy atom. The van der Waals surface area contributed by atoms with E-state index in [1.807, 2.05) is 0 Å². The van der Waals surface area contributed by atoms with Crippen LogP contribution < -0.4 is 5.32 Å². The second-order valence-electron chi connectivity index (χ2n) is 5.53. The Balaban J connectivity index is 1.79. The average molecular weight is 285 g/mol. The maximum Gasteiger partial charge on any atom is 0.294 e. The standard InChI is InChI=1S/C13H14ClFN2O2/c14-9-5-12(17(18)19)11(6-10(9)15)16-7-13(3-4-13)8-1-2-8/h5-6,8,16H,1-4,7H2. The Bertz CT molecular complexity index is 542. The summed E-state index contributed by atoms with van der Waals surface area (Å²) in [4.78, 5) is 10.4. The van der Waals surface area contributed by atoms with Crippen LogP contribution in [0.3, 0.4) is 0 Å². The van der Waals surface area contributed by atoms with Gasteiger partial charge in [-0.2, -0.15) is 0 Å². The molecule has 0 atom stereocenters. The molecule has 0 amide bonds. The lowest BCUT2D eigenvalue weighted by molar-refractivity contribution is -0.384. The molecule has 1 N–H and O–H groups in total. The average Bonchev–Trinajstić information content (AvgIpc) is 3.23. The summed E-state index contributed by atoms with van der Waals surface area (Å²) >= 11 is 5.59. The Morgan fingerprint density at radius 1 is 1.47 bits per heavy atom. The molecule has 0 bridgehead atoms. The van der Waals surface area contributed by atoms with Crippen molar-refractivity contribution in [3.63, 3.8) is 0 Å². The van der Waals surface area contributed by atoms with E-state index in [1.54, 1.807) is 0 Å². The minimum Gasteiger partial charge on any atom is -0.379 e. The molecular formula is C13H14ClFN2O2. The molecule has 2 saturated carbocycles. The van der Waals surface area contributed by atoms with Gasteiger partial charge in [0, 0.05) is 18.7 Å². The summed E-state index contributed by atoms with van der Waals surface area (Å²) in [6.07, 6.45) is 4.82. The quantitative estimate of drug-likeness (QED) is 0.657. The minimum absolute atomic E-state index is 0.169. The number of hydrogen-bond acceptors (Lipinski definition) is 3. The van der Waals surface area contributed by atoms with Crippen molar-refractivity contribution < 1.29 is 9.31 Å². The van der Waals surface area contributed by atoms with E-state index in [0.717, 1.165) is 30.9 Å². The van der Waals surface area contributed by atoms with Crippen LogP contribution in [0.4, 0.5) is 15.8 Å². The Hall–Kier alpha value is -1.36.